The second-order valence-electron chi connectivity index (χ2n) is 8.06. The normalized spacial score (nSPS) is 11.4. The molecule has 0 bridgehead atoms. The van der Waals surface area contributed by atoms with Crippen LogP contribution in [0.2, 0.25) is 0 Å². The van der Waals surface area contributed by atoms with Gasteiger partial charge in [-0.2, -0.15) is 0 Å². The molecule has 1 aromatic heterocycles. The summed E-state index contributed by atoms with van der Waals surface area (Å²) in [5.41, 5.74) is 4.63. The predicted molar refractivity (Wildman–Crippen MR) is 120 cm³/mol. The zero-order valence-electron chi connectivity index (χ0n) is 18.0. The fourth-order valence-electron chi connectivity index (χ4n) is 3.56. The molecule has 0 N–H and O–H groups in total. The molecular weight excluding hydrogens is 380 g/mol. The lowest BCUT2D eigenvalue weighted by molar-refractivity contribution is -0.159. The Morgan fingerprint density at radius 3 is 2.00 bits per heavy atom. The smallest absolute Gasteiger partial charge is 0.345 e. The van der Waals surface area contributed by atoms with Crippen molar-refractivity contribution in [1.29, 1.82) is 0 Å². The molecule has 0 fully saturated rings. The number of aryl methyl sites for hydroxylation is 4. The van der Waals surface area contributed by atoms with Crippen LogP contribution >= 0.6 is 10.5 Å². The van der Waals surface area contributed by atoms with Crippen molar-refractivity contribution in [3.05, 3.63) is 81.0 Å². The van der Waals surface area contributed by atoms with E-state index < -0.39 is 5.60 Å². The van der Waals surface area contributed by atoms with Crippen LogP contribution in [0.1, 0.15) is 41.7 Å². The number of benzene rings is 2. The summed E-state index contributed by atoms with van der Waals surface area (Å²) in [4.78, 5) is 13.8. The fourth-order valence-corrected chi connectivity index (χ4v) is 5.11. The Labute approximate surface area is 176 Å². The Balaban J connectivity index is 1.69. The highest BCUT2D eigenvalue weighted by molar-refractivity contribution is 7.36. The number of ether oxygens (including phenoxy) is 2. The highest BCUT2D eigenvalue weighted by atomic mass is 32.2. The summed E-state index contributed by atoms with van der Waals surface area (Å²) in [6.45, 7) is 11.8. The molecule has 152 valence electrons. The Morgan fingerprint density at radius 1 is 0.897 bits per heavy atom. The number of carbonyl (C=O) groups excluding carboxylic acids is 1. The van der Waals surface area contributed by atoms with E-state index in [2.05, 4.69) is 53.2 Å². The van der Waals surface area contributed by atoms with Crippen LogP contribution < -0.4 is 4.74 Å². The van der Waals surface area contributed by atoms with Gasteiger partial charge in [-0.05, 0) is 70.4 Å². The van der Waals surface area contributed by atoms with Gasteiger partial charge in [-0.25, -0.2) is 4.79 Å². The van der Waals surface area contributed by atoms with Crippen molar-refractivity contribution in [3.8, 4) is 10.6 Å². The van der Waals surface area contributed by atoms with Gasteiger partial charge in [-0.1, -0.05) is 29.3 Å². The molecule has 3 nitrogen and oxygen atoms in total. The third-order valence-electron chi connectivity index (χ3n) is 4.89. The van der Waals surface area contributed by atoms with Crippen LogP contribution in [0.3, 0.4) is 0 Å². The van der Waals surface area contributed by atoms with Crippen LogP contribution in [0.15, 0.2) is 53.2 Å². The van der Waals surface area contributed by atoms with Crippen LogP contribution in [0.5, 0.6) is 5.75 Å². The first-order valence-corrected chi connectivity index (χ1v) is 11.1. The average molecular weight is 410 g/mol. The van der Waals surface area contributed by atoms with Crippen molar-refractivity contribution in [3.63, 3.8) is 0 Å². The molecule has 3 aromatic rings. The maximum absolute atomic E-state index is 12.5. The van der Waals surface area contributed by atoms with E-state index in [1.165, 1.54) is 4.90 Å². The molecule has 0 aliphatic carbocycles. The fraction of sp³-hybridized carbons (Fsp3) is 0.320. The molecule has 2 aromatic carbocycles. The number of hydrogen-bond acceptors (Lipinski definition) is 3. The lowest BCUT2D eigenvalue weighted by Crippen LogP contribution is -2.29. The van der Waals surface area contributed by atoms with Gasteiger partial charge >= 0.3 is 5.97 Å². The van der Waals surface area contributed by atoms with Crippen molar-refractivity contribution < 1.29 is 14.3 Å². The molecule has 29 heavy (non-hydrogen) atoms. The third kappa shape index (κ3) is 5.07. The van der Waals surface area contributed by atoms with Crippen molar-refractivity contribution >= 4 is 16.4 Å². The number of thiophene rings is 1. The van der Waals surface area contributed by atoms with Crippen molar-refractivity contribution in [1.82, 2.24) is 0 Å². The molecule has 0 saturated carbocycles. The number of esters is 1. The molecule has 0 unspecified atom stereocenters. The van der Waals surface area contributed by atoms with E-state index in [1.54, 1.807) is 0 Å². The van der Waals surface area contributed by atoms with E-state index in [9.17, 15) is 4.79 Å². The summed E-state index contributed by atoms with van der Waals surface area (Å²) in [6, 6.07) is 14.6. The van der Waals surface area contributed by atoms with Gasteiger partial charge < -0.3 is 9.47 Å². The lowest BCUT2D eigenvalue weighted by atomic mass is 9.94. The molecule has 4 heteroatoms. The summed E-state index contributed by atoms with van der Waals surface area (Å²) >= 11 is 0. The van der Waals surface area contributed by atoms with Gasteiger partial charge in [-0.15, -0.1) is 0 Å². The first-order valence-electron chi connectivity index (χ1n) is 9.77. The SMILES string of the molecule is Cc1cc(C)cc(C(C)(C)OC(=O)COc2c(C)cc(-[s+]3cccc3)cc2C)c1. The molecule has 0 radical (unpaired) electrons. The van der Waals surface area contributed by atoms with Crippen LogP contribution in [0, 0.1) is 27.7 Å². The first kappa shape index (κ1) is 21.1. The van der Waals surface area contributed by atoms with Crippen LogP contribution in [0.25, 0.3) is 4.90 Å². The largest absolute Gasteiger partial charge is 0.481 e. The molecule has 0 amide bonds. The Bertz CT molecular complexity index is 973. The Morgan fingerprint density at radius 2 is 1.45 bits per heavy atom. The molecule has 0 atom stereocenters. The molecular formula is C25H29O3S+. The van der Waals surface area contributed by atoms with E-state index in [4.69, 9.17) is 9.47 Å². The van der Waals surface area contributed by atoms with Gasteiger partial charge in [0.2, 0.25) is 0 Å². The highest BCUT2D eigenvalue weighted by Gasteiger charge is 2.26. The van der Waals surface area contributed by atoms with Crippen molar-refractivity contribution in [2.45, 2.75) is 47.1 Å². The van der Waals surface area contributed by atoms with E-state index in [0.29, 0.717) is 0 Å². The zero-order chi connectivity index (χ0) is 21.2. The molecule has 0 spiro atoms. The number of hydrogen-bond donors (Lipinski definition) is 0. The van der Waals surface area contributed by atoms with Crippen LogP contribution in [-0.2, 0) is 15.1 Å². The Hall–Kier alpha value is -2.59. The van der Waals surface area contributed by atoms with E-state index in [-0.39, 0.29) is 23.0 Å². The standard InChI is InChI=1S/C25H29O3S/c1-17-11-18(2)13-21(12-17)25(5,6)28-23(26)16-27-24-19(3)14-22(15-20(24)4)29-9-7-8-10-29/h7-15H,16H2,1-6H3/q+1. The monoisotopic (exact) mass is 409 g/mol. The summed E-state index contributed by atoms with van der Waals surface area (Å²) in [7, 11) is 0.0209. The van der Waals surface area contributed by atoms with E-state index in [0.717, 1.165) is 33.6 Å². The van der Waals surface area contributed by atoms with Crippen molar-refractivity contribution in [2.24, 2.45) is 0 Å². The lowest BCUT2D eigenvalue weighted by Gasteiger charge is -2.26. The summed E-state index contributed by atoms with van der Waals surface area (Å²) in [5, 5.41) is 4.39. The summed E-state index contributed by atoms with van der Waals surface area (Å²) < 4.78 is 11.6. The maximum Gasteiger partial charge on any atom is 0.345 e. The van der Waals surface area contributed by atoms with Crippen LogP contribution in [-0.4, -0.2) is 12.6 Å². The molecule has 0 aliphatic heterocycles. The van der Waals surface area contributed by atoms with Crippen molar-refractivity contribution in [2.75, 3.05) is 6.61 Å². The summed E-state index contributed by atoms with van der Waals surface area (Å²) in [5.74, 6) is 0.381. The van der Waals surface area contributed by atoms with Crippen LogP contribution in [0.4, 0.5) is 0 Å². The first-order chi connectivity index (χ1) is 13.7. The van der Waals surface area contributed by atoms with Gasteiger partial charge in [0.05, 0.1) is 0 Å². The second kappa shape index (κ2) is 8.42. The minimum absolute atomic E-state index is 0.0209. The minimum Gasteiger partial charge on any atom is -0.481 e. The zero-order valence-corrected chi connectivity index (χ0v) is 18.9. The quantitative estimate of drug-likeness (QED) is 0.344. The third-order valence-corrected chi connectivity index (χ3v) is 6.57. The minimum atomic E-state index is -0.715. The second-order valence-corrected chi connectivity index (χ2v) is 9.82. The van der Waals surface area contributed by atoms with Gasteiger partial charge in [0, 0.05) is 22.6 Å². The number of carbonyl (C=O) groups is 1. The van der Waals surface area contributed by atoms with Gasteiger partial charge in [0.25, 0.3) is 0 Å². The van der Waals surface area contributed by atoms with Gasteiger partial charge in [-0.3, -0.25) is 0 Å². The Kier molecular flexibility index (Phi) is 6.13. The van der Waals surface area contributed by atoms with E-state index >= 15 is 0 Å². The predicted octanol–water partition coefficient (Wildman–Crippen LogP) is 6.52. The molecule has 0 aliphatic rings. The van der Waals surface area contributed by atoms with Gasteiger partial charge in [0.1, 0.15) is 22.1 Å². The maximum atomic E-state index is 12.5. The van der Waals surface area contributed by atoms with E-state index in [1.807, 2.05) is 41.5 Å². The summed E-state index contributed by atoms with van der Waals surface area (Å²) in [6.07, 6.45) is 0. The highest BCUT2D eigenvalue weighted by Crippen LogP contribution is 2.36. The molecule has 1 heterocycles. The molecule has 3 rings (SSSR count). The molecule has 0 saturated heterocycles. The average Bonchev–Trinajstić information content (AvgIpc) is 3.14. The number of rotatable bonds is 6. The van der Waals surface area contributed by atoms with Gasteiger partial charge in [0.15, 0.2) is 11.5 Å². The topological polar surface area (TPSA) is 35.5 Å².